The molecule has 1 fully saturated rings. The molecule has 0 spiro atoms. The Kier molecular flexibility index (Phi) is 4.93. The van der Waals surface area contributed by atoms with E-state index in [2.05, 4.69) is 28.2 Å². The smallest absolute Gasteiger partial charge is 0.137 e. The van der Waals surface area contributed by atoms with Crippen LogP contribution >= 0.6 is 27.5 Å². The van der Waals surface area contributed by atoms with Crippen molar-refractivity contribution < 1.29 is 4.74 Å². The Morgan fingerprint density at radius 2 is 2.22 bits per heavy atom. The van der Waals surface area contributed by atoms with Gasteiger partial charge in [0.25, 0.3) is 0 Å². The van der Waals surface area contributed by atoms with Crippen molar-refractivity contribution >= 4 is 27.5 Å². The summed E-state index contributed by atoms with van der Waals surface area (Å²) in [7, 11) is 1.71. The summed E-state index contributed by atoms with van der Waals surface area (Å²) in [6.07, 6.45) is 3.70. The van der Waals surface area contributed by atoms with Crippen molar-refractivity contribution in [1.82, 2.24) is 5.32 Å². The Labute approximate surface area is 122 Å². The summed E-state index contributed by atoms with van der Waals surface area (Å²) in [5, 5.41) is 4.37. The highest BCUT2D eigenvalue weighted by molar-refractivity contribution is 9.10. The van der Waals surface area contributed by atoms with Crippen molar-refractivity contribution in [2.45, 2.75) is 32.2 Å². The van der Waals surface area contributed by atoms with Crippen LogP contribution < -0.4 is 10.1 Å². The lowest BCUT2D eigenvalue weighted by atomic mass is 10.0. The molecule has 0 radical (unpaired) electrons. The van der Waals surface area contributed by atoms with Crippen molar-refractivity contribution in [2.75, 3.05) is 13.7 Å². The van der Waals surface area contributed by atoms with Crippen molar-refractivity contribution in [2.24, 2.45) is 5.92 Å². The maximum Gasteiger partial charge on any atom is 0.137 e. The Bertz CT molecular complexity index is 421. The lowest BCUT2D eigenvalue weighted by Crippen LogP contribution is -2.24. The molecule has 1 aliphatic rings. The van der Waals surface area contributed by atoms with Crippen LogP contribution in [-0.4, -0.2) is 13.7 Å². The predicted molar refractivity (Wildman–Crippen MR) is 79.5 cm³/mol. The van der Waals surface area contributed by atoms with E-state index in [0.717, 1.165) is 34.1 Å². The molecule has 1 aliphatic carbocycles. The van der Waals surface area contributed by atoms with E-state index in [1.54, 1.807) is 7.11 Å². The second kappa shape index (κ2) is 6.27. The number of halogens is 2. The van der Waals surface area contributed by atoms with Gasteiger partial charge in [-0.2, -0.15) is 0 Å². The summed E-state index contributed by atoms with van der Waals surface area (Å²) in [4.78, 5) is 0. The topological polar surface area (TPSA) is 21.3 Å². The minimum atomic E-state index is 0.356. The Hall–Kier alpha value is -0.250. The molecule has 1 atom stereocenters. The second-order valence-electron chi connectivity index (χ2n) is 4.78. The van der Waals surface area contributed by atoms with Crippen molar-refractivity contribution in [3.8, 4) is 5.75 Å². The zero-order valence-electron chi connectivity index (χ0n) is 10.8. The third-order valence-corrected chi connectivity index (χ3v) is 4.09. The van der Waals surface area contributed by atoms with E-state index in [1.165, 1.54) is 18.4 Å². The molecule has 0 saturated heterocycles. The highest BCUT2D eigenvalue weighted by Gasteiger charge is 2.34. The molecule has 1 aromatic carbocycles. The van der Waals surface area contributed by atoms with Crippen LogP contribution in [0.2, 0.25) is 5.02 Å². The third kappa shape index (κ3) is 3.19. The van der Waals surface area contributed by atoms with Gasteiger partial charge in [-0.1, -0.05) is 18.5 Å². The molecule has 100 valence electrons. The Balaban J connectivity index is 2.33. The van der Waals surface area contributed by atoms with Gasteiger partial charge in [0.1, 0.15) is 5.75 Å². The number of methoxy groups -OCH3 is 1. The number of nitrogens with one attached hydrogen (secondary N) is 1. The molecule has 0 aromatic heterocycles. The Morgan fingerprint density at radius 1 is 1.50 bits per heavy atom. The van der Waals surface area contributed by atoms with Gasteiger partial charge in [0.05, 0.1) is 11.6 Å². The summed E-state index contributed by atoms with van der Waals surface area (Å²) in [5.41, 5.74) is 1.17. The van der Waals surface area contributed by atoms with Gasteiger partial charge in [-0.15, -0.1) is 0 Å². The van der Waals surface area contributed by atoms with Crippen LogP contribution in [0.15, 0.2) is 16.6 Å². The van der Waals surface area contributed by atoms with E-state index < -0.39 is 0 Å². The first-order valence-electron chi connectivity index (χ1n) is 6.43. The molecule has 1 N–H and O–H groups in total. The average molecular weight is 333 g/mol. The molecule has 2 nitrogen and oxygen atoms in total. The SMILES string of the molecule is CCCNC(c1cc(Cl)cc(Br)c1OC)C1CC1. The lowest BCUT2D eigenvalue weighted by molar-refractivity contribution is 0.388. The van der Waals surface area contributed by atoms with Gasteiger partial charge < -0.3 is 10.1 Å². The molecule has 0 aliphatic heterocycles. The van der Waals surface area contributed by atoms with Crippen LogP contribution in [0.25, 0.3) is 0 Å². The van der Waals surface area contributed by atoms with Crippen LogP contribution in [-0.2, 0) is 0 Å². The number of hydrogen-bond acceptors (Lipinski definition) is 2. The molecule has 18 heavy (non-hydrogen) atoms. The van der Waals surface area contributed by atoms with Crippen molar-refractivity contribution in [1.29, 1.82) is 0 Å². The highest BCUT2D eigenvalue weighted by atomic mass is 79.9. The summed E-state index contributed by atoms with van der Waals surface area (Å²) >= 11 is 9.70. The number of rotatable bonds is 6. The lowest BCUT2D eigenvalue weighted by Gasteiger charge is -2.22. The van der Waals surface area contributed by atoms with Gasteiger partial charge in [0.2, 0.25) is 0 Å². The van der Waals surface area contributed by atoms with Gasteiger partial charge in [-0.25, -0.2) is 0 Å². The molecule has 2 rings (SSSR count). The van der Waals surface area contributed by atoms with Crippen molar-refractivity contribution in [3.63, 3.8) is 0 Å². The molecule has 0 heterocycles. The average Bonchev–Trinajstić information content (AvgIpc) is 3.13. The molecule has 0 bridgehead atoms. The molecular weight excluding hydrogens is 314 g/mol. The molecule has 0 amide bonds. The number of benzene rings is 1. The molecular formula is C14H19BrClNO. The van der Waals surface area contributed by atoms with Crippen LogP contribution in [0.1, 0.15) is 37.8 Å². The van der Waals surface area contributed by atoms with E-state index in [0.29, 0.717) is 6.04 Å². The molecule has 4 heteroatoms. The number of hydrogen-bond donors (Lipinski definition) is 1. The Morgan fingerprint density at radius 3 is 2.78 bits per heavy atom. The number of ether oxygens (including phenoxy) is 1. The standard InChI is InChI=1S/C14H19BrClNO/c1-3-6-17-13(9-4-5-9)11-7-10(16)8-12(15)14(11)18-2/h7-9,13,17H,3-6H2,1-2H3. The minimum absolute atomic E-state index is 0.356. The van der Waals surface area contributed by atoms with Crippen molar-refractivity contribution in [3.05, 3.63) is 27.2 Å². The van der Waals surface area contributed by atoms with E-state index in [-0.39, 0.29) is 0 Å². The molecule has 1 unspecified atom stereocenters. The monoisotopic (exact) mass is 331 g/mol. The zero-order chi connectivity index (χ0) is 13.1. The van der Waals surface area contributed by atoms with Gasteiger partial charge in [0, 0.05) is 16.6 Å². The van der Waals surface area contributed by atoms with E-state index in [4.69, 9.17) is 16.3 Å². The van der Waals surface area contributed by atoms with Crippen LogP contribution in [0, 0.1) is 5.92 Å². The van der Waals surface area contributed by atoms with Gasteiger partial charge >= 0.3 is 0 Å². The van der Waals surface area contributed by atoms with E-state index >= 15 is 0 Å². The second-order valence-corrected chi connectivity index (χ2v) is 6.07. The van der Waals surface area contributed by atoms with Gasteiger partial charge in [-0.05, 0) is 59.8 Å². The fourth-order valence-corrected chi connectivity index (χ4v) is 3.28. The first-order valence-corrected chi connectivity index (χ1v) is 7.60. The maximum atomic E-state index is 6.17. The molecule has 1 saturated carbocycles. The van der Waals surface area contributed by atoms with Gasteiger partial charge in [0.15, 0.2) is 0 Å². The zero-order valence-corrected chi connectivity index (χ0v) is 13.1. The van der Waals surface area contributed by atoms with Crippen LogP contribution in [0.5, 0.6) is 5.75 Å². The summed E-state index contributed by atoms with van der Waals surface area (Å²) in [5.74, 6) is 1.62. The van der Waals surface area contributed by atoms with E-state index in [9.17, 15) is 0 Å². The quantitative estimate of drug-likeness (QED) is 0.824. The van der Waals surface area contributed by atoms with Crippen LogP contribution in [0.3, 0.4) is 0 Å². The highest BCUT2D eigenvalue weighted by Crippen LogP contribution is 2.46. The summed E-state index contributed by atoms with van der Waals surface area (Å²) < 4.78 is 6.45. The summed E-state index contributed by atoms with van der Waals surface area (Å²) in [6.45, 7) is 3.20. The summed E-state index contributed by atoms with van der Waals surface area (Å²) in [6, 6.07) is 4.26. The minimum Gasteiger partial charge on any atom is -0.495 e. The van der Waals surface area contributed by atoms with Gasteiger partial charge in [-0.3, -0.25) is 0 Å². The maximum absolute atomic E-state index is 6.17. The fourth-order valence-electron chi connectivity index (χ4n) is 2.29. The fraction of sp³-hybridized carbons (Fsp3) is 0.571. The van der Waals surface area contributed by atoms with E-state index in [1.807, 2.05) is 12.1 Å². The third-order valence-electron chi connectivity index (χ3n) is 3.28. The normalized spacial score (nSPS) is 16.7. The largest absolute Gasteiger partial charge is 0.495 e. The first kappa shape index (κ1) is 14.2. The molecule has 1 aromatic rings. The predicted octanol–water partition coefficient (Wildman–Crippen LogP) is 4.56. The van der Waals surface area contributed by atoms with Crippen LogP contribution in [0.4, 0.5) is 0 Å². The first-order chi connectivity index (χ1) is 8.67.